The smallest absolute Gasteiger partial charge is 0.108 e. The summed E-state index contributed by atoms with van der Waals surface area (Å²) in [7, 11) is 3.75. The molecule has 0 N–H and O–H groups in total. The molecule has 0 bridgehead atoms. The van der Waals surface area contributed by atoms with E-state index in [4.69, 9.17) is 0 Å². The number of aryl methyl sites for hydroxylation is 1. The first-order chi connectivity index (χ1) is 4.34. The van der Waals surface area contributed by atoms with Crippen molar-refractivity contribution >= 4 is 0 Å². The number of imidazole rings is 1. The van der Waals surface area contributed by atoms with E-state index in [-0.39, 0.29) is 0 Å². The third kappa shape index (κ3) is 1.31. The molecule has 0 atom stereocenters. The van der Waals surface area contributed by atoms with Crippen LogP contribution in [0.4, 0.5) is 0 Å². The third-order valence-electron chi connectivity index (χ3n) is 1.28. The van der Waals surface area contributed by atoms with E-state index in [0.29, 0.717) is 0 Å². The van der Waals surface area contributed by atoms with E-state index in [0.717, 1.165) is 18.7 Å². The van der Waals surface area contributed by atoms with Crippen LogP contribution in [0, 0.1) is 7.05 Å². The predicted octanol–water partition coefficient (Wildman–Crippen LogP) is 1.48. The SMILES string of the molecule is [CH2]n1ccnc1CCC. The Morgan fingerprint density at radius 1 is 1.78 bits per heavy atom. The zero-order valence-electron chi connectivity index (χ0n) is 5.67. The molecule has 1 heterocycles. The minimum absolute atomic E-state index is 1.02. The Kier molecular flexibility index (Phi) is 1.88. The quantitative estimate of drug-likeness (QED) is 0.582. The molecule has 0 unspecified atom stereocenters. The van der Waals surface area contributed by atoms with Crippen molar-refractivity contribution in [1.29, 1.82) is 0 Å². The van der Waals surface area contributed by atoms with Gasteiger partial charge >= 0.3 is 0 Å². The van der Waals surface area contributed by atoms with E-state index >= 15 is 0 Å². The van der Waals surface area contributed by atoms with Gasteiger partial charge in [-0.3, -0.25) is 0 Å². The van der Waals surface area contributed by atoms with Gasteiger partial charge in [-0.2, -0.15) is 0 Å². The third-order valence-corrected chi connectivity index (χ3v) is 1.28. The van der Waals surface area contributed by atoms with E-state index in [1.54, 1.807) is 6.20 Å². The second-order valence-electron chi connectivity index (χ2n) is 2.06. The molecular formula is C7H11N2. The maximum absolute atomic E-state index is 4.11. The Hall–Kier alpha value is -0.790. The van der Waals surface area contributed by atoms with Gasteiger partial charge in [-0.25, -0.2) is 4.98 Å². The standard InChI is InChI=1S/C7H11N2/c1-3-4-7-8-5-6-9(7)2/h5-6H,2-4H2,1H3. The molecule has 0 spiro atoms. The Balaban J connectivity index is 2.69. The van der Waals surface area contributed by atoms with Gasteiger partial charge in [-0.15, -0.1) is 0 Å². The Bertz CT molecular complexity index is 179. The van der Waals surface area contributed by atoms with Crippen molar-refractivity contribution in [3.63, 3.8) is 0 Å². The van der Waals surface area contributed by atoms with Crippen molar-refractivity contribution in [3.8, 4) is 0 Å². The second-order valence-corrected chi connectivity index (χ2v) is 2.06. The molecule has 0 saturated heterocycles. The lowest BCUT2D eigenvalue weighted by atomic mass is 10.3. The van der Waals surface area contributed by atoms with Crippen molar-refractivity contribution in [2.24, 2.45) is 0 Å². The topological polar surface area (TPSA) is 17.8 Å². The lowest BCUT2D eigenvalue weighted by molar-refractivity contribution is 0.807. The summed E-state index contributed by atoms with van der Waals surface area (Å²) >= 11 is 0. The lowest BCUT2D eigenvalue weighted by Crippen LogP contribution is -1.93. The molecule has 0 saturated carbocycles. The first kappa shape index (κ1) is 6.33. The summed E-state index contributed by atoms with van der Waals surface area (Å²) < 4.78 is 1.81. The Morgan fingerprint density at radius 2 is 2.56 bits per heavy atom. The molecule has 0 aliphatic rings. The highest BCUT2D eigenvalue weighted by Gasteiger charge is 1.93. The van der Waals surface area contributed by atoms with Crippen LogP contribution in [0.2, 0.25) is 0 Å². The second kappa shape index (κ2) is 2.67. The average molecular weight is 123 g/mol. The van der Waals surface area contributed by atoms with E-state index < -0.39 is 0 Å². The van der Waals surface area contributed by atoms with E-state index in [1.165, 1.54) is 0 Å². The largest absolute Gasteiger partial charge is 0.333 e. The van der Waals surface area contributed by atoms with E-state index in [1.807, 2.05) is 10.8 Å². The van der Waals surface area contributed by atoms with Crippen LogP contribution >= 0.6 is 0 Å². The van der Waals surface area contributed by atoms with Gasteiger partial charge in [0, 0.05) is 25.9 Å². The molecule has 9 heavy (non-hydrogen) atoms. The summed E-state index contributed by atoms with van der Waals surface area (Å²) in [5.41, 5.74) is 0. The molecular weight excluding hydrogens is 112 g/mol. The highest BCUT2D eigenvalue weighted by Crippen LogP contribution is 1.97. The molecule has 0 aliphatic heterocycles. The minimum Gasteiger partial charge on any atom is -0.333 e. The zero-order valence-corrected chi connectivity index (χ0v) is 5.67. The van der Waals surface area contributed by atoms with E-state index in [9.17, 15) is 0 Å². The first-order valence-corrected chi connectivity index (χ1v) is 3.17. The summed E-state index contributed by atoms with van der Waals surface area (Å²) in [6, 6.07) is 0. The van der Waals surface area contributed by atoms with Crippen molar-refractivity contribution in [3.05, 3.63) is 25.3 Å². The van der Waals surface area contributed by atoms with Gasteiger partial charge in [0.25, 0.3) is 0 Å². The molecule has 2 nitrogen and oxygen atoms in total. The number of hydrogen-bond donors (Lipinski definition) is 0. The summed E-state index contributed by atoms with van der Waals surface area (Å²) in [6.45, 7) is 2.13. The molecule has 0 amide bonds. The summed E-state index contributed by atoms with van der Waals surface area (Å²) in [5, 5.41) is 0. The average Bonchev–Trinajstić information content (AvgIpc) is 2.18. The van der Waals surface area contributed by atoms with Crippen LogP contribution in [0.1, 0.15) is 19.2 Å². The summed E-state index contributed by atoms with van der Waals surface area (Å²) in [6.07, 6.45) is 5.80. The van der Waals surface area contributed by atoms with Crippen LogP contribution < -0.4 is 0 Å². The molecule has 0 aromatic carbocycles. The summed E-state index contributed by atoms with van der Waals surface area (Å²) in [5.74, 6) is 1.07. The molecule has 1 rings (SSSR count). The van der Waals surface area contributed by atoms with Gasteiger partial charge in [0.05, 0.1) is 0 Å². The van der Waals surface area contributed by atoms with Crippen molar-refractivity contribution < 1.29 is 0 Å². The zero-order chi connectivity index (χ0) is 6.69. The number of hydrogen-bond acceptors (Lipinski definition) is 1. The summed E-state index contributed by atoms with van der Waals surface area (Å²) in [4.78, 5) is 4.11. The van der Waals surface area contributed by atoms with Crippen LogP contribution in [0.5, 0.6) is 0 Å². The fraction of sp³-hybridized carbons (Fsp3) is 0.429. The number of rotatable bonds is 2. The normalized spacial score (nSPS) is 10.0. The van der Waals surface area contributed by atoms with Gasteiger partial charge < -0.3 is 4.57 Å². The monoisotopic (exact) mass is 123 g/mol. The Labute approximate surface area is 55.5 Å². The van der Waals surface area contributed by atoms with Crippen molar-refractivity contribution in [1.82, 2.24) is 9.55 Å². The van der Waals surface area contributed by atoms with Gasteiger partial charge in [0.2, 0.25) is 0 Å². The van der Waals surface area contributed by atoms with Crippen LogP contribution in [-0.4, -0.2) is 9.55 Å². The highest BCUT2D eigenvalue weighted by molar-refractivity contribution is 4.92. The minimum atomic E-state index is 1.02. The predicted molar refractivity (Wildman–Crippen MR) is 37.0 cm³/mol. The highest BCUT2D eigenvalue weighted by atomic mass is 15.0. The molecule has 1 aromatic rings. The molecule has 0 fully saturated rings. The number of nitrogens with zero attached hydrogens (tertiary/aromatic N) is 2. The van der Waals surface area contributed by atoms with Crippen LogP contribution in [0.25, 0.3) is 0 Å². The van der Waals surface area contributed by atoms with E-state index in [2.05, 4.69) is 19.0 Å². The Morgan fingerprint density at radius 3 is 3.00 bits per heavy atom. The maximum atomic E-state index is 4.11. The fourth-order valence-electron chi connectivity index (χ4n) is 0.792. The van der Waals surface area contributed by atoms with Crippen LogP contribution in [0.3, 0.4) is 0 Å². The molecule has 49 valence electrons. The maximum Gasteiger partial charge on any atom is 0.108 e. The molecule has 1 aromatic heterocycles. The molecule has 2 heteroatoms. The van der Waals surface area contributed by atoms with Crippen molar-refractivity contribution in [2.45, 2.75) is 19.8 Å². The lowest BCUT2D eigenvalue weighted by Gasteiger charge is -1.95. The van der Waals surface area contributed by atoms with Gasteiger partial charge in [0.1, 0.15) is 5.82 Å². The van der Waals surface area contributed by atoms with Gasteiger partial charge in [-0.05, 0) is 6.42 Å². The van der Waals surface area contributed by atoms with Crippen LogP contribution in [-0.2, 0) is 6.42 Å². The molecule has 0 aliphatic carbocycles. The molecule has 1 radical (unpaired) electrons. The van der Waals surface area contributed by atoms with Gasteiger partial charge in [0.15, 0.2) is 0 Å². The number of aromatic nitrogens is 2. The fourth-order valence-corrected chi connectivity index (χ4v) is 0.792. The van der Waals surface area contributed by atoms with Gasteiger partial charge in [-0.1, -0.05) is 6.92 Å². The first-order valence-electron chi connectivity index (χ1n) is 3.17. The van der Waals surface area contributed by atoms with Crippen molar-refractivity contribution in [2.75, 3.05) is 0 Å². The van der Waals surface area contributed by atoms with Crippen LogP contribution in [0.15, 0.2) is 12.4 Å².